The summed E-state index contributed by atoms with van der Waals surface area (Å²) in [4.78, 5) is 40.2. The van der Waals surface area contributed by atoms with E-state index in [1.54, 1.807) is 19.1 Å². The summed E-state index contributed by atoms with van der Waals surface area (Å²) in [7, 11) is 0. The van der Waals surface area contributed by atoms with Gasteiger partial charge in [0.15, 0.2) is 17.6 Å². The number of fused-ring (bicyclic) bond motifs is 1. The zero-order valence-corrected chi connectivity index (χ0v) is 19.5. The van der Waals surface area contributed by atoms with E-state index in [0.717, 1.165) is 16.4 Å². The van der Waals surface area contributed by atoms with Gasteiger partial charge in [0.25, 0.3) is 11.8 Å². The minimum absolute atomic E-state index is 0.141. The molecule has 1 aliphatic heterocycles. The van der Waals surface area contributed by atoms with E-state index in [2.05, 4.69) is 11.2 Å². The van der Waals surface area contributed by atoms with Crippen molar-refractivity contribution in [2.75, 3.05) is 11.6 Å². The quantitative estimate of drug-likeness (QED) is 0.497. The van der Waals surface area contributed by atoms with Crippen LogP contribution in [-0.4, -0.2) is 39.2 Å². The summed E-state index contributed by atoms with van der Waals surface area (Å²) in [5.74, 6) is -3.83. The lowest BCUT2D eigenvalue weighted by Crippen LogP contribution is -2.60. The Balaban J connectivity index is 1.77. The van der Waals surface area contributed by atoms with Crippen LogP contribution >= 0.6 is 0 Å². The van der Waals surface area contributed by atoms with Gasteiger partial charge < -0.3 is 15.3 Å². The Hall–Kier alpha value is -4.72. The zero-order valence-electron chi connectivity index (χ0n) is 19.5. The molecule has 8 nitrogen and oxygen atoms in total. The fourth-order valence-electron chi connectivity index (χ4n) is 4.11. The van der Waals surface area contributed by atoms with Gasteiger partial charge in [0.1, 0.15) is 23.0 Å². The smallest absolute Gasteiger partial charge is 0.278 e. The summed E-state index contributed by atoms with van der Waals surface area (Å²) in [6.07, 6.45) is 5.87. The summed E-state index contributed by atoms with van der Waals surface area (Å²) in [5.41, 5.74) is -1.99. The summed E-state index contributed by atoms with van der Waals surface area (Å²) in [6.45, 7) is 1.29. The second-order valence-electron chi connectivity index (χ2n) is 8.16. The second kappa shape index (κ2) is 10.1. The molecule has 0 saturated carbocycles. The maximum absolute atomic E-state index is 14.0. The zero-order chi connectivity index (χ0) is 26.9. The Morgan fingerprint density at radius 1 is 1.14 bits per heavy atom. The van der Waals surface area contributed by atoms with Gasteiger partial charge in [0.2, 0.25) is 5.43 Å². The third kappa shape index (κ3) is 4.61. The molecule has 0 spiro atoms. The Labute approximate surface area is 209 Å². The van der Waals surface area contributed by atoms with Crippen LogP contribution < -0.4 is 15.8 Å². The van der Waals surface area contributed by atoms with Gasteiger partial charge in [0, 0.05) is 37.0 Å². The number of carbonyl (C=O) groups excluding carboxylic acids is 2. The number of pyridine rings is 1. The van der Waals surface area contributed by atoms with Crippen LogP contribution in [0.3, 0.4) is 0 Å². The van der Waals surface area contributed by atoms with Crippen LogP contribution in [0, 0.1) is 29.8 Å². The first-order chi connectivity index (χ1) is 17.7. The molecule has 37 heavy (non-hydrogen) atoms. The highest BCUT2D eigenvalue weighted by Gasteiger charge is 2.39. The number of rotatable bonds is 6. The molecule has 2 amide bonds. The summed E-state index contributed by atoms with van der Waals surface area (Å²) in [5, 5.41) is 14.4. The molecule has 0 fully saturated rings. The van der Waals surface area contributed by atoms with Crippen LogP contribution in [0.25, 0.3) is 0 Å². The van der Waals surface area contributed by atoms with E-state index in [1.807, 2.05) is 18.2 Å². The fraction of sp³-hybridized carbons (Fsp3) is 0.192. The van der Waals surface area contributed by atoms with Crippen LogP contribution in [0.2, 0.25) is 0 Å². The Kier molecular flexibility index (Phi) is 6.93. The number of hydrogen-bond donors (Lipinski definition) is 2. The van der Waals surface area contributed by atoms with Crippen LogP contribution in [0.1, 0.15) is 38.9 Å². The predicted molar refractivity (Wildman–Crippen MR) is 128 cm³/mol. The van der Waals surface area contributed by atoms with Crippen molar-refractivity contribution in [1.82, 2.24) is 14.9 Å². The predicted octanol–water partition coefficient (Wildman–Crippen LogP) is 2.47. The van der Waals surface area contributed by atoms with Crippen molar-refractivity contribution < 1.29 is 27.9 Å². The van der Waals surface area contributed by atoms with Crippen LogP contribution in [0.4, 0.5) is 13.2 Å². The van der Waals surface area contributed by atoms with Gasteiger partial charge in [-0.05, 0) is 12.5 Å². The maximum atomic E-state index is 14.0. The van der Waals surface area contributed by atoms with Gasteiger partial charge in [-0.25, -0.2) is 13.2 Å². The molecule has 1 aromatic heterocycles. The summed E-state index contributed by atoms with van der Waals surface area (Å²) >= 11 is 0. The largest absolute Gasteiger partial charge is 0.502 e. The molecule has 1 aliphatic rings. The molecule has 3 aromatic rings. The highest BCUT2D eigenvalue weighted by atomic mass is 19.1. The van der Waals surface area contributed by atoms with Crippen molar-refractivity contribution in [1.29, 1.82) is 0 Å². The molecular formula is C26H21F3N4O4. The lowest BCUT2D eigenvalue weighted by Gasteiger charge is -2.44. The van der Waals surface area contributed by atoms with Crippen LogP contribution in [0.5, 0.6) is 5.75 Å². The Morgan fingerprint density at radius 3 is 2.38 bits per heavy atom. The van der Waals surface area contributed by atoms with E-state index in [1.165, 1.54) is 9.91 Å². The number of amides is 2. The van der Waals surface area contributed by atoms with Crippen molar-refractivity contribution in [2.45, 2.75) is 26.2 Å². The molecule has 2 aromatic carbocycles. The monoisotopic (exact) mass is 510 g/mol. The van der Waals surface area contributed by atoms with Crippen LogP contribution in [0.15, 0.2) is 53.5 Å². The molecule has 1 atom stereocenters. The van der Waals surface area contributed by atoms with Crippen molar-refractivity contribution >= 4 is 11.8 Å². The SMILES string of the molecule is C#C[C@H]1N(CC)C(=O)c2c(O)c(=O)c(C(=O)NCc3c(F)cc(F)cc3F)cn2N1Cc1ccccc1. The molecule has 0 saturated heterocycles. The van der Waals surface area contributed by atoms with Gasteiger partial charge in [-0.2, -0.15) is 0 Å². The first-order valence-electron chi connectivity index (χ1n) is 11.2. The number of aromatic hydroxyl groups is 1. The number of benzene rings is 2. The lowest BCUT2D eigenvalue weighted by atomic mass is 10.1. The van der Waals surface area contributed by atoms with Crippen molar-refractivity contribution in [3.8, 4) is 18.1 Å². The molecule has 2 N–H and O–H groups in total. The summed E-state index contributed by atoms with van der Waals surface area (Å²) < 4.78 is 42.3. The third-order valence-electron chi connectivity index (χ3n) is 5.94. The highest BCUT2D eigenvalue weighted by Crippen LogP contribution is 2.26. The van der Waals surface area contributed by atoms with Gasteiger partial charge in [-0.15, -0.1) is 6.42 Å². The molecule has 0 aliphatic carbocycles. The number of carbonyl (C=O) groups is 2. The van der Waals surface area contributed by atoms with Crippen molar-refractivity contribution in [2.24, 2.45) is 0 Å². The average Bonchev–Trinajstić information content (AvgIpc) is 2.86. The number of nitrogens with one attached hydrogen (secondary N) is 1. The normalized spacial score (nSPS) is 14.8. The minimum Gasteiger partial charge on any atom is -0.502 e. The van der Waals surface area contributed by atoms with Crippen LogP contribution in [-0.2, 0) is 13.1 Å². The Bertz CT molecular complexity index is 1460. The van der Waals surface area contributed by atoms with Gasteiger partial charge >= 0.3 is 0 Å². The molecular weight excluding hydrogens is 489 g/mol. The number of hydrogen-bond acceptors (Lipinski definition) is 5. The maximum Gasteiger partial charge on any atom is 0.278 e. The molecule has 0 radical (unpaired) electrons. The molecule has 190 valence electrons. The molecule has 0 bridgehead atoms. The first kappa shape index (κ1) is 25.4. The lowest BCUT2D eigenvalue weighted by molar-refractivity contribution is 0.0637. The number of halogens is 3. The first-order valence-corrected chi connectivity index (χ1v) is 11.2. The van der Waals surface area contributed by atoms with Gasteiger partial charge in [-0.3, -0.25) is 24.1 Å². The average molecular weight is 510 g/mol. The molecule has 2 heterocycles. The number of aromatic nitrogens is 1. The van der Waals surface area contributed by atoms with Gasteiger partial charge in [0.05, 0.1) is 6.54 Å². The van der Waals surface area contributed by atoms with E-state index in [4.69, 9.17) is 6.42 Å². The van der Waals surface area contributed by atoms with Crippen molar-refractivity contribution in [3.63, 3.8) is 0 Å². The summed E-state index contributed by atoms with van der Waals surface area (Å²) in [6, 6.07) is 9.93. The minimum atomic E-state index is -1.22. The highest BCUT2D eigenvalue weighted by molar-refractivity contribution is 5.99. The second-order valence-corrected chi connectivity index (χ2v) is 8.16. The van der Waals surface area contributed by atoms with Gasteiger partial charge in [-0.1, -0.05) is 36.3 Å². The van der Waals surface area contributed by atoms with E-state index < -0.39 is 64.3 Å². The standard InChI is InChI=1S/C26H21F3N4O4/c1-3-21-31(4-2)26(37)22-24(35)23(34)18(14-33(22)32(21)13-15-8-6-5-7-9-15)25(36)30-12-17-19(28)10-16(27)11-20(17)29/h1,5-11,14,21,35H,4,12-13H2,2H3,(H,30,36)/t21-/m0/s1. The third-order valence-corrected chi connectivity index (χ3v) is 5.94. The van der Waals surface area contributed by atoms with Crippen molar-refractivity contribution in [3.05, 3.63) is 98.7 Å². The fourth-order valence-corrected chi connectivity index (χ4v) is 4.11. The van der Waals surface area contributed by atoms with E-state index in [9.17, 15) is 32.7 Å². The van der Waals surface area contributed by atoms with E-state index in [0.29, 0.717) is 12.1 Å². The molecule has 11 heteroatoms. The topological polar surface area (TPSA) is 94.9 Å². The number of nitrogens with zero attached hydrogens (tertiary/aromatic N) is 3. The number of terminal acetylenes is 1. The van der Waals surface area contributed by atoms with E-state index in [-0.39, 0.29) is 18.8 Å². The molecule has 4 rings (SSSR count). The molecule has 0 unspecified atom stereocenters. The Morgan fingerprint density at radius 2 is 1.78 bits per heavy atom. The van der Waals surface area contributed by atoms with E-state index >= 15 is 0 Å².